The largest absolute Gasteiger partial charge is 0.412 e. The maximum Gasteiger partial charge on any atom is 0.253 e. The Labute approximate surface area is 276 Å². The van der Waals surface area contributed by atoms with E-state index < -0.39 is 0 Å². The van der Waals surface area contributed by atoms with Gasteiger partial charge in [0.25, 0.3) is 5.91 Å². The van der Waals surface area contributed by atoms with E-state index in [2.05, 4.69) is 22.3 Å². The molecule has 0 aliphatic carbocycles. The third-order valence-electron chi connectivity index (χ3n) is 7.97. The molecule has 1 unspecified atom stereocenters. The monoisotopic (exact) mass is 667 g/mol. The highest BCUT2D eigenvalue weighted by atomic mass is 35.5. The van der Waals surface area contributed by atoms with Crippen molar-refractivity contribution in [1.82, 2.24) is 15.1 Å². The van der Waals surface area contributed by atoms with Crippen LogP contribution < -0.4 is 5.32 Å². The molecule has 3 aromatic rings. The molecule has 5 N–H and O–H groups in total. The third-order valence-corrected chi connectivity index (χ3v) is 8.71. The summed E-state index contributed by atoms with van der Waals surface area (Å²) in [5.74, 6) is 0.0142. The van der Waals surface area contributed by atoms with Gasteiger partial charge in [0.15, 0.2) is 0 Å². The van der Waals surface area contributed by atoms with Gasteiger partial charge in [0, 0.05) is 51.7 Å². The Kier molecular flexibility index (Phi) is 17.0. The molecule has 8 nitrogen and oxygen atoms in total. The van der Waals surface area contributed by atoms with Gasteiger partial charge in [0.1, 0.15) is 0 Å². The van der Waals surface area contributed by atoms with E-state index in [9.17, 15) is 9.59 Å². The van der Waals surface area contributed by atoms with Gasteiger partial charge in [-0.3, -0.25) is 9.59 Å². The number of ether oxygens (including phenoxy) is 1. The summed E-state index contributed by atoms with van der Waals surface area (Å²) in [5.41, 5.74) is 2.50. The number of halogens is 3. The zero-order chi connectivity index (χ0) is 29.2. The molecule has 0 aromatic heterocycles. The van der Waals surface area contributed by atoms with Crippen molar-refractivity contribution in [2.75, 3.05) is 46.4 Å². The van der Waals surface area contributed by atoms with Crippen molar-refractivity contribution < 1.29 is 25.3 Å². The molecule has 242 valence electrons. The third kappa shape index (κ3) is 10.4. The van der Waals surface area contributed by atoms with Gasteiger partial charge in [0.05, 0.1) is 22.2 Å². The van der Waals surface area contributed by atoms with E-state index in [4.69, 9.17) is 27.9 Å². The van der Waals surface area contributed by atoms with Crippen molar-refractivity contribution in [3.05, 3.63) is 106 Å². The molecular weight excluding hydrogens is 625 g/mol. The second kappa shape index (κ2) is 19.0. The van der Waals surface area contributed by atoms with Crippen LogP contribution in [0.1, 0.15) is 53.6 Å². The molecular formula is C33H44Cl3N3O5. The molecule has 11 heteroatoms. The van der Waals surface area contributed by atoms with Crippen LogP contribution in [0.25, 0.3) is 0 Å². The number of piperidine rings is 1. The van der Waals surface area contributed by atoms with Gasteiger partial charge in [-0.05, 0) is 61.2 Å². The predicted octanol–water partition coefficient (Wildman–Crippen LogP) is 5.16. The van der Waals surface area contributed by atoms with Crippen LogP contribution in [0.15, 0.2) is 78.9 Å². The highest BCUT2D eigenvalue weighted by Crippen LogP contribution is 2.34. The van der Waals surface area contributed by atoms with E-state index in [1.165, 1.54) is 0 Å². The molecule has 44 heavy (non-hydrogen) atoms. The summed E-state index contributed by atoms with van der Waals surface area (Å²) in [6.45, 7) is 5.63. The second-order valence-corrected chi connectivity index (χ2v) is 11.6. The maximum atomic E-state index is 13.5. The summed E-state index contributed by atoms with van der Waals surface area (Å²) in [4.78, 5) is 30.0. The van der Waals surface area contributed by atoms with Crippen LogP contribution in [0, 0.1) is 0 Å². The Morgan fingerprint density at radius 1 is 0.955 bits per heavy atom. The standard InChI is InChI=1S/C33H39Cl2N3O3.ClH.2H2O/c1-25(39)36-33(29-11-7-4-8-12-29)16-19-37(20-17-33)18-15-28(27-13-14-30(34)31(35)23-27)24-38(21-22-41-2)32(40)26-9-5-3-6-10-26;;;/h3-14,23,28H,15-22,24H2,1-2H3,(H,36,39);1H;2*1H2. The van der Waals surface area contributed by atoms with Gasteiger partial charge in [-0.25, -0.2) is 0 Å². The van der Waals surface area contributed by atoms with E-state index in [1.54, 1.807) is 14.0 Å². The zero-order valence-electron chi connectivity index (χ0n) is 25.2. The van der Waals surface area contributed by atoms with E-state index in [0.29, 0.717) is 35.3 Å². The molecule has 0 saturated carbocycles. The lowest BCUT2D eigenvalue weighted by molar-refractivity contribution is -0.121. The summed E-state index contributed by atoms with van der Waals surface area (Å²) in [7, 11) is 1.65. The zero-order valence-corrected chi connectivity index (χ0v) is 27.6. The molecule has 1 atom stereocenters. The molecule has 1 aliphatic rings. The molecule has 1 heterocycles. The summed E-state index contributed by atoms with van der Waals surface area (Å²) in [6.07, 6.45) is 2.50. The summed E-state index contributed by atoms with van der Waals surface area (Å²) in [5, 5.41) is 4.28. The van der Waals surface area contributed by atoms with E-state index in [1.807, 2.05) is 71.6 Å². The Morgan fingerprint density at radius 3 is 2.14 bits per heavy atom. The van der Waals surface area contributed by atoms with Gasteiger partial charge in [0.2, 0.25) is 5.91 Å². The number of amides is 2. The molecule has 1 saturated heterocycles. The minimum Gasteiger partial charge on any atom is -0.412 e. The first-order valence-corrected chi connectivity index (χ1v) is 14.9. The highest BCUT2D eigenvalue weighted by Gasteiger charge is 2.37. The normalized spacial score (nSPS) is 14.6. The molecule has 0 bridgehead atoms. The van der Waals surface area contributed by atoms with Crippen LogP contribution in [0.2, 0.25) is 10.0 Å². The number of benzene rings is 3. The van der Waals surface area contributed by atoms with Crippen LogP contribution in [-0.4, -0.2) is 79.0 Å². The van der Waals surface area contributed by atoms with E-state index in [-0.39, 0.29) is 46.6 Å². The predicted molar refractivity (Wildman–Crippen MR) is 180 cm³/mol. The summed E-state index contributed by atoms with van der Waals surface area (Å²) < 4.78 is 5.35. The lowest BCUT2D eigenvalue weighted by atomic mass is 9.80. The fourth-order valence-electron chi connectivity index (χ4n) is 5.71. The Bertz CT molecular complexity index is 1290. The lowest BCUT2D eigenvalue weighted by Crippen LogP contribution is -2.52. The lowest BCUT2D eigenvalue weighted by Gasteiger charge is -2.43. The van der Waals surface area contributed by atoms with Crippen LogP contribution in [0.5, 0.6) is 0 Å². The van der Waals surface area contributed by atoms with Crippen molar-refractivity contribution in [2.45, 2.75) is 37.6 Å². The topological polar surface area (TPSA) is 125 Å². The quantitative estimate of drug-likeness (QED) is 0.286. The fourth-order valence-corrected chi connectivity index (χ4v) is 6.02. The number of nitrogens with zero attached hydrogens (tertiary/aromatic N) is 2. The van der Waals surface area contributed by atoms with Gasteiger partial charge < -0.3 is 30.8 Å². The fraction of sp³-hybridized carbons (Fsp3) is 0.394. The van der Waals surface area contributed by atoms with Crippen molar-refractivity contribution in [2.24, 2.45) is 0 Å². The first-order valence-electron chi connectivity index (χ1n) is 14.2. The first-order chi connectivity index (χ1) is 19.8. The smallest absolute Gasteiger partial charge is 0.253 e. The number of hydrogen-bond donors (Lipinski definition) is 1. The van der Waals surface area contributed by atoms with Crippen molar-refractivity contribution in [1.29, 1.82) is 0 Å². The number of methoxy groups -OCH3 is 1. The van der Waals surface area contributed by atoms with Gasteiger partial charge in [-0.15, -0.1) is 12.4 Å². The van der Waals surface area contributed by atoms with Crippen molar-refractivity contribution >= 4 is 47.4 Å². The minimum atomic E-state index is -0.355. The van der Waals surface area contributed by atoms with Crippen LogP contribution in [0.4, 0.5) is 0 Å². The Balaban J connectivity index is 0.00000323. The second-order valence-electron chi connectivity index (χ2n) is 10.7. The van der Waals surface area contributed by atoms with Crippen molar-refractivity contribution in [3.8, 4) is 0 Å². The SMILES string of the molecule is COCCN(CC(CCN1CCC(NC(C)=O)(c2ccccc2)CC1)c1ccc(Cl)c(Cl)c1)C(=O)c1ccccc1.Cl.O.O. The number of carbonyl (C=O) groups excluding carboxylic acids is 2. The molecule has 0 spiro atoms. The molecule has 4 rings (SSSR count). The average Bonchev–Trinajstić information content (AvgIpc) is 2.99. The summed E-state index contributed by atoms with van der Waals surface area (Å²) in [6, 6.07) is 25.4. The number of likely N-dealkylation sites (tertiary alicyclic amines) is 1. The number of rotatable bonds is 12. The van der Waals surface area contributed by atoms with Crippen LogP contribution >= 0.6 is 35.6 Å². The Hall–Kier alpha value is -2.69. The Morgan fingerprint density at radius 2 is 1.57 bits per heavy atom. The summed E-state index contributed by atoms with van der Waals surface area (Å²) >= 11 is 12.7. The molecule has 0 radical (unpaired) electrons. The first kappa shape index (κ1) is 39.3. The van der Waals surface area contributed by atoms with Gasteiger partial charge in [-0.2, -0.15) is 0 Å². The van der Waals surface area contributed by atoms with Crippen LogP contribution in [-0.2, 0) is 15.1 Å². The highest BCUT2D eigenvalue weighted by molar-refractivity contribution is 6.42. The van der Waals surface area contributed by atoms with E-state index >= 15 is 0 Å². The van der Waals surface area contributed by atoms with Gasteiger partial charge in [-0.1, -0.05) is 77.8 Å². The maximum absolute atomic E-state index is 13.5. The average molecular weight is 669 g/mol. The molecule has 2 amide bonds. The number of hydrogen-bond acceptors (Lipinski definition) is 4. The van der Waals surface area contributed by atoms with Crippen molar-refractivity contribution in [3.63, 3.8) is 0 Å². The van der Waals surface area contributed by atoms with Crippen LogP contribution in [0.3, 0.4) is 0 Å². The van der Waals surface area contributed by atoms with E-state index in [0.717, 1.165) is 50.0 Å². The minimum absolute atomic E-state index is 0. The number of nitrogens with one attached hydrogen (secondary N) is 1. The number of carbonyl (C=O) groups is 2. The molecule has 3 aromatic carbocycles. The molecule has 1 fully saturated rings. The molecule has 1 aliphatic heterocycles. The van der Waals surface area contributed by atoms with Gasteiger partial charge >= 0.3 is 0 Å².